The second kappa shape index (κ2) is 7.89. The van der Waals surface area contributed by atoms with Crippen molar-refractivity contribution in [3.63, 3.8) is 0 Å². The molecule has 1 fully saturated rings. The van der Waals surface area contributed by atoms with E-state index in [2.05, 4.69) is 10.6 Å². The molecule has 0 aromatic heterocycles. The predicted octanol–water partition coefficient (Wildman–Crippen LogP) is 3.81. The van der Waals surface area contributed by atoms with E-state index in [1.54, 1.807) is 24.3 Å². The van der Waals surface area contributed by atoms with E-state index >= 15 is 0 Å². The highest BCUT2D eigenvalue weighted by Crippen LogP contribution is 2.38. The van der Waals surface area contributed by atoms with E-state index in [4.69, 9.17) is 0 Å². The lowest BCUT2D eigenvalue weighted by Gasteiger charge is -2.36. The number of halogens is 3. The van der Waals surface area contributed by atoms with Gasteiger partial charge in [-0.15, -0.1) is 0 Å². The van der Waals surface area contributed by atoms with Gasteiger partial charge in [0.25, 0.3) is 0 Å². The molecule has 134 valence electrons. The molecule has 0 saturated carbocycles. The van der Waals surface area contributed by atoms with Crippen molar-refractivity contribution in [2.75, 3.05) is 31.5 Å². The van der Waals surface area contributed by atoms with Gasteiger partial charge in [-0.25, -0.2) is 0 Å². The molecule has 0 radical (unpaired) electrons. The molecule has 1 atom stereocenters. The van der Waals surface area contributed by atoms with Crippen LogP contribution in [0.25, 0.3) is 0 Å². The molecule has 1 aliphatic rings. The molecule has 0 aliphatic carbocycles. The van der Waals surface area contributed by atoms with Gasteiger partial charge in [0.1, 0.15) is 6.04 Å². The van der Waals surface area contributed by atoms with Crippen LogP contribution in [0.2, 0.25) is 0 Å². The van der Waals surface area contributed by atoms with Gasteiger partial charge in [-0.3, -0.25) is 4.90 Å². The first-order valence-electron chi connectivity index (χ1n) is 8.43. The molecule has 3 nitrogen and oxygen atoms in total. The van der Waals surface area contributed by atoms with Crippen molar-refractivity contribution in [3.8, 4) is 0 Å². The fourth-order valence-electron chi connectivity index (χ4n) is 3.13. The van der Waals surface area contributed by atoms with E-state index < -0.39 is 12.2 Å². The maximum Gasteiger partial charge on any atom is 0.408 e. The van der Waals surface area contributed by atoms with Crippen LogP contribution < -0.4 is 10.6 Å². The summed E-state index contributed by atoms with van der Waals surface area (Å²) in [5, 5.41) is 6.34. The number of hydrogen-bond acceptors (Lipinski definition) is 3. The van der Waals surface area contributed by atoms with Crippen molar-refractivity contribution in [3.05, 3.63) is 65.7 Å². The standard InChI is InChI=1S/C19H22F3N3/c20-19(21,22)18(25-12-10-23-11-13-25)16-6-8-17(9-7-16)24-14-15-4-2-1-3-5-15/h1-9,18,23-24H,10-14H2/t18-/m1/s1. The third-order valence-electron chi connectivity index (χ3n) is 4.39. The summed E-state index contributed by atoms with van der Waals surface area (Å²) in [6.07, 6.45) is -4.28. The van der Waals surface area contributed by atoms with Crippen LogP contribution in [0.5, 0.6) is 0 Å². The first-order chi connectivity index (χ1) is 12.0. The summed E-state index contributed by atoms with van der Waals surface area (Å²) in [6, 6.07) is 14.9. The van der Waals surface area contributed by atoms with Gasteiger partial charge < -0.3 is 10.6 Å². The van der Waals surface area contributed by atoms with Gasteiger partial charge >= 0.3 is 6.18 Å². The smallest absolute Gasteiger partial charge is 0.381 e. The molecule has 0 amide bonds. The molecule has 0 unspecified atom stereocenters. The maximum atomic E-state index is 13.6. The van der Waals surface area contributed by atoms with Crippen molar-refractivity contribution < 1.29 is 13.2 Å². The number of anilines is 1. The van der Waals surface area contributed by atoms with E-state index in [0.717, 1.165) is 11.3 Å². The summed E-state index contributed by atoms with van der Waals surface area (Å²) < 4.78 is 40.7. The molecule has 0 bridgehead atoms. The van der Waals surface area contributed by atoms with E-state index in [0.29, 0.717) is 38.3 Å². The molecule has 1 aliphatic heterocycles. The summed E-state index contributed by atoms with van der Waals surface area (Å²) in [7, 11) is 0. The minimum absolute atomic E-state index is 0.291. The van der Waals surface area contributed by atoms with Gasteiger partial charge in [-0.1, -0.05) is 42.5 Å². The lowest BCUT2D eigenvalue weighted by atomic mass is 10.0. The Morgan fingerprint density at radius 2 is 1.60 bits per heavy atom. The number of piperazine rings is 1. The van der Waals surface area contributed by atoms with E-state index in [-0.39, 0.29) is 0 Å². The fourth-order valence-corrected chi connectivity index (χ4v) is 3.13. The van der Waals surface area contributed by atoms with Crippen LogP contribution >= 0.6 is 0 Å². The number of nitrogens with zero attached hydrogens (tertiary/aromatic N) is 1. The summed E-state index contributed by atoms with van der Waals surface area (Å²) in [5.41, 5.74) is 2.23. The number of hydrogen-bond donors (Lipinski definition) is 2. The Kier molecular flexibility index (Phi) is 5.60. The summed E-state index contributed by atoms with van der Waals surface area (Å²) >= 11 is 0. The normalized spacial score (nSPS) is 17.2. The molecular weight excluding hydrogens is 327 g/mol. The number of alkyl halides is 3. The van der Waals surface area contributed by atoms with Gasteiger partial charge in [-0.05, 0) is 23.3 Å². The highest BCUT2D eigenvalue weighted by molar-refractivity contribution is 5.46. The Balaban J connectivity index is 1.70. The molecule has 2 aromatic carbocycles. The van der Waals surface area contributed by atoms with Crippen LogP contribution in [0.3, 0.4) is 0 Å². The van der Waals surface area contributed by atoms with Crippen LogP contribution in [0.1, 0.15) is 17.2 Å². The quantitative estimate of drug-likeness (QED) is 0.860. The minimum Gasteiger partial charge on any atom is -0.381 e. The van der Waals surface area contributed by atoms with Crippen LogP contribution in [0.4, 0.5) is 18.9 Å². The summed E-state index contributed by atoms with van der Waals surface area (Å²) in [5.74, 6) is 0. The monoisotopic (exact) mass is 349 g/mol. The van der Waals surface area contributed by atoms with Crippen molar-refractivity contribution >= 4 is 5.69 Å². The minimum atomic E-state index is -4.28. The van der Waals surface area contributed by atoms with Gasteiger partial charge in [-0.2, -0.15) is 13.2 Å². The van der Waals surface area contributed by atoms with Crippen molar-refractivity contribution in [1.82, 2.24) is 10.2 Å². The second-order valence-electron chi connectivity index (χ2n) is 6.19. The average molecular weight is 349 g/mol. The Morgan fingerprint density at radius 1 is 0.960 bits per heavy atom. The zero-order chi connectivity index (χ0) is 17.7. The number of rotatable bonds is 5. The van der Waals surface area contributed by atoms with Gasteiger partial charge in [0.2, 0.25) is 0 Å². The van der Waals surface area contributed by atoms with Gasteiger partial charge in [0.15, 0.2) is 0 Å². The lowest BCUT2D eigenvalue weighted by molar-refractivity contribution is -0.187. The molecule has 3 rings (SSSR count). The SMILES string of the molecule is FC(F)(F)[C@@H](c1ccc(NCc2ccccc2)cc1)N1CCNCC1. The number of nitrogens with one attached hydrogen (secondary N) is 2. The molecule has 1 heterocycles. The predicted molar refractivity (Wildman–Crippen MR) is 93.4 cm³/mol. The first kappa shape index (κ1) is 17.8. The van der Waals surface area contributed by atoms with Crippen LogP contribution in [0, 0.1) is 0 Å². The van der Waals surface area contributed by atoms with Gasteiger partial charge in [0.05, 0.1) is 0 Å². The molecule has 0 spiro atoms. The Labute approximate surface area is 145 Å². The third kappa shape index (κ3) is 4.74. The molecule has 2 aromatic rings. The third-order valence-corrected chi connectivity index (χ3v) is 4.39. The molecule has 6 heteroatoms. The van der Waals surface area contributed by atoms with Crippen molar-refractivity contribution in [2.45, 2.75) is 18.8 Å². The highest BCUT2D eigenvalue weighted by Gasteiger charge is 2.44. The largest absolute Gasteiger partial charge is 0.408 e. The summed E-state index contributed by atoms with van der Waals surface area (Å²) in [4.78, 5) is 1.50. The Morgan fingerprint density at radius 3 is 2.20 bits per heavy atom. The van der Waals surface area contributed by atoms with Crippen LogP contribution in [-0.4, -0.2) is 37.3 Å². The van der Waals surface area contributed by atoms with Crippen molar-refractivity contribution in [2.24, 2.45) is 0 Å². The van der Waals surface area contributed by atoms with E-state index in [1.165, 1.54) is 4.90 Å². The van der Waals surface area contributed by atoms with E-state index in [9.17, 15) is 13.2 Å². The van der Waals surface area contributed by atoms with E-state index in [1.807, 2.05) is 30.3 Å². The fraction of sp³-hybridized carbons (Fsp3) is 0.368. The average Bonchev–Trinajstić information content (AvgIpc) is 2.62. The van der Waals surface area contributed by atoms with Crippen LogP contribution in [0.15, 0.2) is 54.6 Å². The highest BCUT2D eigenvalue weighted by atomic mass is 19.4. The summed E-state index contributed by atoms with van der Waals surface area (Å²) in [6.45, 7) is 2.61. The Hall–Kier alpha value is -2.05. The van der Waals surface area contributed by atoms with Gasteiger partial charge in [0, 0.05) is 38.4 Å². The number of benzene rings is 2. The topological polar surface area (TPSA) is 27.3 Å². The Bertz CT molecular complexity index is 650. The maximum absolute atomic E-state index is 13.6. The molecule has 25 heavy (non-hydrogen) atoms. The second-order valence-corrected chi connectivity index (χ2v) is 6.19. The van der Waals surface area contributed by atoms with Crippen LogP contribution in [-0.2, 0) is 6.54 Å². The zero-order valence-electron chi connectivity index (χ0n) is 13.9. The zero-order valence-corrected chi connectivity index (χ0v) is 13.9. The molecule has 2 N–H and O–H groups in total. The van der Waals surface area contributed by atoms with Crippen molar-refractivity contribution in [1.29, 1.82) is 0 Å². The lowest BCUT2D eigenvalue weighted by Crippen LogP contribution is -2.49. The molecule has 1 saturated heterocycles. The molecular formula is C19H22F3N3. The first-order valence-corrected chi connectivity index (χ1v) is 8.43.